The van der Waals surface area contributed by atoms with Gasteiger partial charge in [-0.05, 0) is 19.9 Å². The number of benzene rings is 1. The van der Waals surface area contributed by atoms with Crippen LogP contribution in [0.3, 0.4) is 0 Å². The van der Waals surface area contributed by atoms with Crippen molar-refractivity contribution in [3.05, 3.63) is 41.6 Å². The average molecular weight is 259 g/mol. The van der Waals surface area contributed by atoms with Crippen LogP contribution in [0.25, 0.3) is 11.3 Å². The van der Waals surface area contributed by atoms with E-state index in [0.717, 1.165) is 11.3 Å². The molecule has 2 rings (SSSR count). The fraction of sp³-hybridized carbons (Fsp3) is 0.286. The third kappa shape index (κ3) is 3.20. The molecule has 2 aromatic rings. The van der Waals surface area contributed by atoms with Crippen LogP contribution in [0.4, 0.5) is 0 Å². The van der Waals surface area contributed by atoms with Crippen LogP contribution in [-0.2, 0) is 0 Å². The lowest BCUT2D eigenvalue weighted by Crippen LogP contribution is -2.35. The first-order valence-electron chi connectivity index (χ1n) is 6.14. The van der Waals surface area contributed by atoms with Crippen molar-refractivity contribution < 1.29 is 9.90 Å². The van der Waals surface area contributed by atoms with E-state index in [0.29, 0.717) is 5.69 Å². The van der Waals surface area contributed by atoms with Crippen LogP contribution in [0.1, 0.15) is 23.0 Å². The number of carbonyl (C=O) groups is 1. The van der Waals surface area contributed by atoms with Crippen molar-refractivity contribution in [1.29, 1.82) is 0 Å². The quantitative estimate of drug-likeness (QED) is 0.778. The average Bonchev–Trinajstić information content (AvgIpc) is 2.89. The lowest BCUT2D eigenvalue weighted by atomic mass is 10.1. The van der Waals surface area contributed by atoms with E-state index in [1.807, 2.05) is 31.2 Å². The smallest absolute Gasteiger partial charge is 0.269 e. The van der Waals surface area contributed by atoms with Crippen molar-refractivity contribution in [1.82, 2.24) is 15.5 Å². The minimum atomic E-state index is -0.279. The summed E-state index contributed by atoms with van der Waals surface area (Å²) in [5.74, 6) is -0.271. The Hall–Kier alpha value is -2.14. The number of aryl methyl sites for hydroxylation is 1. The number of rotatable bonds is 4. The number of aliphatic hydroxyl groups is 1. The van der Waals surface area contributed by atoms with Crippen LogP contribution in [0.15, 0.2) is 30.3 Å². The van der Waals surface area contributed by atoms with Gasteiger partial charge < -0.3 is 10.4 Å². The van der Waals surface area contributed by atoms with E-state index in [1.165, 1.54) is 5.56 Å². The van der Waals surface area contributed by atoms with Crippen LogP contribution in [0.5, 0.6) is 0 Å². The van der Waals surface area contributed by atoms with Gasteiger partial charge in [0.2, 0.25) is 0 Å². The molecule has 1 amide bonds. The van der Waals surface area contributed by atoms with Crippen molar-refractivity contribution in [2.24, 2.45) is 0 Å². The Balaban J connectivity index is 2.15. The molecule has 100 valence electrons. The van der Waals surface area contributed by atoms with Crippen molar-refractivity contribution in [2.45, 2.75) is 19.9 Å². The van der Waals surface area contributed by atoms with Gasteiger partial charge in [0, 0.05) is 11.6 Å². The fourth-order valence-corrected chi connectivity index (χ4v) is 1.66. The SMILES string of the molecule is Cc1ccc(-c2cc(C(=O)NC(C)CO)[nH]n2)cc1. The number of H-pyrrole nitrogens is 1. The molecule has 1 unspecified atom stereocenters. The topological polar surface area (TPSA) is 78.0 Å². The van der Waals surface area contributed by atoms with Crippen LogP contribution in [0.2, 0.25) is 0 Å². The number of nitrogens with zero attached hydrogens (tertiary/aromatic N) is 1. The van der Waals surface area contributed by atoms with Crippen molar-refractivity contribution in [3.63, 3.8) is 0 Å². The molecule has 1 heterocycles. The zero-order valence-corrected chi connectivity index (χ0v) is 11.0. The Labute approximate surface area is 111 Å². The van der Waals surface area contributed by atoms with Gasteiger partial charge in [-0.2, -0.15) is 5.10 Å². The summed E-state index contributed by atoms with van der Waals surface area (Å²) in [7, 11) is 0. The molecule has 19 heavy (non-hydrogen) atoms. The summed E-state index contributed by atoms with van der Waals surface area (Å²) in [5, 5.41) is 18.4. The number of amides is 1. The molecule has 3 N–H and O–H groups in total. The van der Waals surface area contributed by atoms with Gasteiger partial charge in [-0.15, -0.1) is 0 Å². The fourth-order valence-electron chi connectivity index (χ4n) is 1.66. The third-order valence-corrected chi connectivity index (χ3v) is 2.82. The molecule has 0 radical (unpaired) electrons. The van der Waals surface area contributed by atoms with Crippen LogP contribution in [0, 0.1) is 6.92 Å². The summed E-state index contributed by atoms with van der Waals surface area (Å²) in [5.41, 5.74) is 3.24. The Morgan fingerprint density at radius 2 is 2.11 bits per heavy atom. The molecule has 0 bridgehead atoms. The lowest BCUT2D eigenvalue weighted by Gasteiger charge is -2.08. The summed E-state index contributed by atoms with van der Waals surface area (Å²) in [6.45, 7) is 3.66. The summed E-state index contributed by atoms with van der Waals surface area (Å²) in [6.07, 6.45) is 0. The number of carbonyl (C=O) groups excluding carboxylic acids is 1. The highest BCUT2D eigenvalue weighted by molar-refractivity contribution is 5.93. The van der Waals surface area contributed by atoms with E-state index in [-0.39, 0.29) is 18.6 Å². The minimum absolute atomic E-state index is 0.0926. The molecule has 0 fully saturated rings. The molecule has 0 saturated heterocycles. The second-order valence-corrected chi connectivity index (χ2v) is 4.59. The molecule has 0 aliphatic heterocycles. The van der Waals surface area contributed by atoms with Crippen molar-refractivity contribution >= 4 is 5.91 Å². The van der Waals surface area contributed by atoms with Crippen molar-refractivity contribution in [2.75, 3.05) is 6.61 Å². The van der Waals surface area contributed by atoms with Crippen LogP contribution in [-0.4, -0.2) is 33.9 Å². The van der Waals surface area contributed by atoms with Gasteiger partial charge in [-0.25, -0.2) is 0 Å². The molecule has 0 aliphatic carbocycles. The van der Waals surface area contributed by atoms with Crippen LogP contribution < -0.4 is 5.32 Å². The number of aliphatic hydroxyl groups excluding tert-OH is 1. The van der Waals surface area contributed by atoms with Gasteiger partial charge in [0.15, 0.2) is 0 Å². The summed E-state index contributed by atoms with van der Waals surface area (Å²) >= 11 is 0. The number of aromatic amines is 1. The lowest BCUT2D eigenvalue weighted by molar-refractivity contribution is 0.0917. The first kappa shape index (κ1) is 13.3. The molecule has 1 aromatic heterocycles. The molecule has 1 atom stereocenters. The number of hydrogen-bond donors (Lipinski definition) is 3. The summed E-state index contributed by atoms with van der Waals surface area (Å²) < 4.78 is 0. The maximum atomic E-state index is 11.8. The zero-order valence-electron chi connectivity index (χ0n) is 11.0. The molecule has 5 heteroatoms. The van der Waals surface area contributed by atoms with Crippen molar-refractivity contribution in [3.8, 4) is 11.3 Å². The highest BCUT2D eigenvalue weighted by Crippen LogP contribution is 2.18. The van der Waals surface area contributed by atoms with E-state index in [1.54, 1.807) is 13.0 Å². The third-order valence-electron chi connectivity index (χ3n) is 2.82. The monoisotopic (exact) mass is 259 g/mol. The predicted octanol–water partition coefficient (Wildman–Crippen LogP) is 1.50. The molecular weight excluding hydrogens is 242 g/mol. The highest BCUT2D eigenvalue weighted by atomic mass is 16.3. The number of aromatic nitrogens is 2. The maximum Gasteiger partial charge on any atom is 0.269 e. The second kappa shape index (κ2) is 5.67. The number of nitrogens with one attached hydrogen (secondary N) is 2. The maximum absolute atomic E-state index is 11.8. The Morgan fingerprint density at radius 1 is 1.42 bits per heavy atom. The van der Waals surface area contributed by atoms with E-state index >= 15 is 0 Å². The largest absolute Gasteiger partial charge is 0.394 e. The molecule has 5 nitrogen and oxygen atoms in total. The van der Waals surface area contributed by atoms with Gasteiger partial charge in [0.05, 0.1) is 12.3 Å². The van der Waals surface area contributed by atoms with E-state index in [4.69, 9.17) is 5.11 Å². The standard InChI is InChI=1S/C14H17N3O2/c1-9-3-5-11(6-4-9)12-7-13(17-16-12)14(19)15-10(2)8-18/h3-7,10,18H,8H2,1-2H3,(H,15,19)(H,16,17). The van der Waals surface area contributed by atoms with E-state index < -0.39 is 0 Å². The molecular formula is C14H17N3O2. The van der Waals surface area contributed by atoms with E-state index in [9.17, 15) is 4.79 Å². The summed E-state index contributed by atoms with van der Waals surface area (Å²) in [4.78, 5) is 11.8. The van der Waals surface area contributed by atoms with Gasteiger partial charge in [-0.1, -0.05) is 29.8 Å². The first-order valence-corrected chi connectivity index (χ1v) is 6.14. The normalized spacial score (nSPS) is 12.2. The van der Waals surface area contributed by atoms with Gasteiger partial charge in [-0.3, -0.25) is 9.89 Å². The number of hydrogen-bond acceptors (Lipinski definition) is 3. The van der Waals surface area contributed by atoms with Crippen LogP contribution >= 0.6 is 0 Å². The first-order chi connectivity index (χ1) is 9.10. The summed E-state index contributed by atoms with van der Waals surface area (Å²) in [6, 6.07) is 9.34. The van der Waals surface area contributed by atoms with Gasteiger partial charge in [0.1, 0.15) is 5.69 Å². The highest BCUT2D eigenvalue weighted by Gasteiger charge is 2.12. The van der Waals surface area contributed by atoms with Gasteiger partial charge >= 0.3 is 0 Å². The minimum Gasteiger partial charge on any atom is -0.394 e. The zero-order chi connectivity index (χ0) is 13.8. The molecule has 0 saturated carbocycles. The molecule has 0 aliphatic rings. The molecule has 0 spiro atoms. The molecule has 1 aromatic carbocycles. The Kier molecular flexibility index (Phi) is 3.97. The van der Waals surface area contributed by atoms with E-state index in [2.05, 4.69) is 15.5 Å². The Morgan fingerprint density at radius 3 is 2.74 bits per heavy atom. The Bertz CT molecular complexity index is 560. The van der Waals surface area contributed by atoms with Gasteiger partial charge in [0.25, 0.3) is 5.91 Å². The second-order valence-electron chi connectivity index (χ2n) is 4.59. The predicted molar refractivity (Wildman–Crippen MR) is 72.8 cm³/mol.